The van der Waals surface area contributed by atoms with Crippen LogP contribution in [0.3, 0.4) is 0 Å². The van der Waals surface area contributed by atoms with Crippen LogP contribution in [0.1, 0.15) is 18.4 Å². The lowest BCUT2D eigenvalue weighted by Crippen LogP contribution is -2.04. The minimum absolute atomic E-state index is 0.381. The van der Waals surface area contributed by atoms with E-state index in [1.165, 1.54) is 0 Å². The van der Waals surface area contributed by atoms with Crippen molar-refractivity contribution in [1.82, 2.24) is 0 Å². The van der Waals surface area contributed by atoms with Gasteiger partial charge in [-0.1, -0.05) is 28.1 Å². The maximum absolute atomic E-state index is 5.51. The monoisotopic (exact) mass is 256 g/mol. The van der Waals surface area contributed by atoms with Gasteiger partial charge in [-0.2, -0.15) is 0 Å². The van der Waals surface area contributed by atoms with E-state index < -0.39 is 0 Å². The molecule has 3 heteroatoms. The quantitative estimate of drug-likeness (QED) is 0.752. The molecule has 0 aromatic heterocycles. The third-order valence-electron chi connectivity index (χ3n) is 1.86. The molecule has 1 nitrogen and oxygen atoms in total. The van der Waals surface area contributed by atoms with Crippen LogP contribution in [0.15, 0.2) is 28.7 Å². The molecule has 13 heavy (non-hydrogen) atoms. The topological polar surface area (TPSA) is 9.23 Å². The van der Waals surface area contributed by atoms with E-state index in [-0.39, 0.29) is 0 Å². The van der Waals surface area contributed by atoms with Gasteiger partial charge in [0.25, 0.3) is 0 Å². The maximum atomic E-state index is 5.51. The highest BCUT2D eigenvalue weighted by Crippen LogP contribution is 2.25. The summed E-state index contributed by atoms with van der Waals surface area (Å²) in [7, 11) is 0. The third kappa shape index (κ3) is 2.51. The number of hydrogen-bond donors (Lipinski definition) is 0. The van der Waals surface area contributed by atoms with Crippen molar-refractivity contribution in [1.29, 1.82) is 0 Å². The Hall–Kier alpha value is -0.410. The highest BCUT2D eigenvalue weighted by molar-refractivity contribution is 9.10. The molecule has 1 aromatic rings. The molecule has 0 heterocycles. The van der Waals surface area contributed by atoms with Gasteiger partial charge >= 0.3 is 0 Å². The van der Waals surface area contributed by atoms with Crippen LogP contribution in [-0.2, 0) is 4.74 Å². The van der Waals surface area contributed by atoms with E-state index in [0.29, 0.717) is 11.2 Å². The number of halogens is 1. The van der Waals surface area contributed by atoms with Crippen molar-refractivity contribution in [3.8, 4) is 0 Å². The fourth-order valence-corrected chi connectivity index (χ4v) is 1.68. The number of thiocarbonyl (C=S) groups is 1. The first-order valence-corrected chi connectivity index (χ1v) is 5.42. The van der Waals surface area contributed by atoms with Crippen molar-refractivity contribution in [2.24, 2.45) is 0 Å². The predicted octanol–water partition coefficient (Wildman–Crippen LogP) is 3.30. The Balaban J connectivity index is 2.09. The van der Waals surface area contributed by atoms with E-state index in [1.807, 2.05) is 24.3 Å². The van der Waals surface area contributed by atoms with E-state index in [1.54, 1.807) is 0 Å². The van der Waals surface area contributed by atoms with Crippen molar-refractivity contribution in [3.05, 3.63) is 34.3 Å². The second-order valence-corrected chi connectivity index (χ2v) is 4.40. The number of rotatable bonds is 2. The molecule has 1 aromatic carbocycles. The van der Waals surface area contributed by atoms with Crippen LogP contribution in [0, 0.1) is 0 Å². The Morgan fingerprint density at radius 2 is 2.23 bits per heavy atom. The van der Waals surface area contributed by atoms with Gasteiger partial charge in [-0.05, 0) is 37.2 Å². The number of hydrogen-bond acceptors (Lipinski definition) is 2. The molecular weight excluding hydrogens is 248 g/mol. The fraction of sp³-hybridized carbons (Fsp3) is 0.300. The van der Waals surface area contributed by atoms with Gasteiger partial charge in [0.15, 0.2) is 5.05 Å². The zero-order valence-corrected chi connectivity index (χ0v) is 9.40. The SMILES string of the molecule is S=C(OC1CC1)c1cccc(Br)c1. The second kappa shape index (κ2) is 3.76. The summed E-state index contributed by atoms with van der Waals surface area (Å²) in [4.78, 5) is 0. The predicted molar refractivity (Wildman–Crippen MR) is 59.9 cm³/mol. The Morgan fingerprint density at radius 1 is 1.46 bits per heavy atom. The summed E-state index contributed by atoms with van der Waals surface area (Å²) in [5.41, 5.74) is 0.983. The molecular formula is C10H9BrOS. The molecule has 0 atom stereocenters. The van der Waals surface area contributed by atoms with Gasteiger partial charge < -0.3 is 4.74 Å². The van der Waals surface area contributed by atoms with Crippen molar-refractivity contribution in [2.45, 2.75) is 18.9 Å². The first kappa shape index (κ1) is 9.16. The number of benzene rings is 1. The van der Waals surface area contributed by atoms with Crippen molar-refractivity contribution in [3.63, 3.8) is 0 Å². The average molecular weight is 257 g/mol. The molecule has 2 rings (SSSR count). The summed E-state index contributed by atoms with van der Waals surface area (Å²) in [6.45, 7) is 0. The Labute approximate surface area is 91.2 Å². The average Bonchev–Trinajstić information content (AvgIpc) is 2.88. The zero-order valence-electron chi connectivity index (χ0n) is 7.00. The van der Waals surface area contributed by atoms with Crippen molar-refractivity contribution < 1.29 is 4.74 Å². The molecule has 68 valence electrons. The first-order valence-electron chi connectivity index (χ1n) is 4.22. The number of ether oxygens (including phenoxy) is 1. The van der Waals surface area contributed by atoms with Gasteiger partial charge in [-0.3, -0.25) is 0 Å². The summed E-state index contributed by atoms with van der Waals surface area (Å²) in [6, 6.07) is 7.88. The lowest BCUT2D eigenvalue weighted by atomic mass is 10.2. The highest BCUT2D eigenvalue weighted by atomic mass is 79.9. The van der Waals surface area contributed by atoms with Crippen LogP contribution < -0.4 is 0 Å². The van der Waals surface area contributed by atoms with Crippen molar-refractivity contribution >= 4 is 33.2 Å². The van der Waals surface area contributed by atoms with E-state index in [2.05, 4.69) is 15.9 Å². The van der Waals surface area contributed by atoms with Gasteiger partial charge in [0, 0.05) is 10.0 Å². The minimum Gasteiger partial charge on any atom is -0.480 e. The normalized spacial score (nSPS) is 15.5. The lowest BCUT2D eigenvalue weighted by Gasteiger charge is -2.05. The molecule has 0 aliphatic heterocycles. The van der Waals surface area contributed by atoms with E-state index in [4.69, 9.17) is 17.0 Å². The Morgan fingerprint density at radius 3 is 2.85 bits per heavy atom. The molecule has 0 saturated heterocycles. The standard InChI is InChI=1S/C10H9BrOS/c11-8-3-1-2-7(6-8)10(13)12-9-4-5-9/h1-3,6,9H,4-5H2. The second-order valence-electron chi connectivity index (χ2n) is 3.12. The molecule has 0 spiro atoms. The van der Waals surface area contributed by atoms with E-state index in [0.717, 1.165) is 22.9 Å². The van der Waals surface area contributed by atoms with Crippen LogP contribution in [0.2, 0.25) is 0 Å². The Bertz CT molecular complexity index is 333. The molecule has 0 amide bonds. The molecule has 1 fully saturated rings. The maximum Gasteiger partial charge on any atom is 0.191 e. The summed E-state index contributed by atoms with van der Waals surface area (Å²) < 4.78 is 6.55. The molecule has 0 unspecified atom stereocenters. The summed E-state index contributed by atoms with van der Waals surface area (Å²) in [6.07, 6.45) is 2.67. The fourth-order valence-electron chi connectivity index (χ4n) is 1.02. The molecule has 1 aliphatic carbocycles. The van der Waals surface area contributed by atoms with Crippen LogP contribution in [-0.4, -0.2) is 11.2 Å². The first-order chi connectivity index (χ1) is 6.25. The van der Waals surface area contributed by atoms with Gasteiger partial charge in [0.05, 0.1) is 0 Å². The molecule has 0 radical (unpaired) electrons. The van der Waals surface area contributed by atoms with Crippen molar-refractivity contribution in [2.75, 3.05) is 0 Å². The van der Waals surface area contributed by atoms with E-state index in [9.17, 15) is 0 Å². The molecule has 1 saturated carbocycles. The summed E-state index contributed by atoms with van der Waals surface area (Å²) in [5, 5.41) is 0.615. The molecule has 0 bridgehead atoms. The van der Waals surface area contributed by atoms with Crippen LogP contribution >= 0.6 is 28.1 Å². The van der Waals surface area contributed by atoms with Crippen LogP contribution in [0.25, 0.3) is 0 Å². The smallest absolute Gasteiger partial charge is 0.191 e. The van der Waals surface area contributed by atoms with Crippen LogP contribution in [0.5, 0.6) is 0 Å². The van der Waals surface area contributed by atoms with Gasteiger partial charge in [-0.25, -0.2) is 0 Å². The molecule has 0 N–H and O–H groups in total. The minimum atomic E-state index is 0.381. The van der Waals surface area contributed by atoms with Gasteiger partial charge in [-0.15, -0.1) is 0 Å². The zero-order chi connectivity index (χ0) is 9.26. The largest absolute Gasteiger partial charge is 0.480 e. The van der Waals surface area contributed by atoms with E-state index >= 15 is 0 Å². The van der Waals surface area contributed by atoms with Gasteiger partial charge in [0.2, 0.25) is 0 Å². The van der Waals surface area contributed by atoms with Gasteiger partial charge in [0.1, 0.15) is 6.10 Å². The summed E-state index contributed by atoms with van der Waals surface area (Å²) in [5.74, 6) is 0. The highest BCUT2D eigenvalue weighted by Gasteiger charge is 2.24. The summed E-state index contributed by atoms with van der Waals surface area (Å²) >= 11 is 8.55. The Kier molecular flexibility index (Phi) is 2.65. The third-order valence-corrected chi connectivity index (χ3v) is 2.68. The lowest BCUT2D eigenvalue weighted by molar-refractivity contribution is 0.299. The van der Waals surface area contributed by atoms with Crippen LogP contribution in [0.4, 0.5) is 0 Å². The molecule has 1 aliphatic rings.